The summed E-state index contributed by atoms with van der Waals surface area (Å²) in [4.78, 5) is 29.9. The summed E-state index contributed by atoms with van der Waals surface area (Å²) in [5, 5.41) is 14.8. The molecule has 0 amide bonds. The summed E-state index contributed by atoms with van der Waals surface area (Å²) in [5.74, 6) is -3.37. The first-order valence-corrected chi connectivity index (χ1v) is 7.66. The second-order valence-corrected chi connectivity index (χ2v) is 5.77. The number of rotatable bonds is 6. The van der Waals surface area contributed by atoms with Gasteiger partial charge in [0.2, 0.25) is 0 Å². The Morgan fingerprint density at radius 2 is 1.60 bits per heavy atom. The zero-order valence-corrected chi connectivity index (χ0v) is 14.8. The smallest absolute Gasteiger partial charge is 0.414 e. The topological polar surface area (TPSA) is 136 Å². The quantitative estimate of drug-likeness (QED) is 0.515. The van der Waals surface area contributed by atoms with Crippen molar-refractivity contribution < 1.29 is 34.1 Å². The molecule has 0 fully saturated rings. The molecule has 25 heavy (non-hydrogen) atoms. The van der Waals surface area contributed by atoms with Crippen LogP contribution in [0.4, 0.5) is 0 Å². The molecule has 1 aromatic rings. The summed E-state index contributed by atoms with van der Waals surface area (Å²) in [6, 6.07) is 7.74. The number of hydrogen-bond acceptors (Lipinski definition) is 6. The van der Waals surface area contributed by atoms with Gasteiger partial charge >= 0.3 is 17.9 Å². The van der Waals surface area contributed by atoms with E-state index in [0.29, 0.717) is 12.4 Å². The Labute approximate surface area is 146 Å². The lowest BCUT2D eigenvalue weighted by Crippen LogP contribution is -2.39. The number of carboxylic acids is 2. The summed E-state index contributed by atoms with van der Waals surface area (Å²) in [6.45, 7) is 7.48. The summed E-state index contributed by atoms with van der Waals surface area (Å²) in [7, 11) is 0. The Bertz CT molecular complexity index is 567. The Hall–Kier alpha value is -2.61. The second kappa shape index (κ2) is 10.3. The molecule has 0 bridgehead atoms. The summed E-state index contributed by atoms with van der Waals surface area (Å²) in [6.07, 6.45) is 0.821. The van der Waals surface area contributed by atoms with Gasteiger partial charge in [0.25, 0.3) is 0 Å². The lowest BCUT2D eigenvalue weighted by Gasteiger charge is -2.24. The van der Waals surface area contributed by atoms with E-state index in [1.165, 1.54) is 0 Å². The van der Waals surface area contributed by atoms with Crippen molar-refractivity contribution in [3.63, 3.8) is 0 Å². The number of esters is 1. The molecule has 0 saturated heterocycles. The van der Waals surface area contributed by atoms with Crippen molar-refractivity contribution in [2.75, 3.05) is 6.61 Å². The van der Waals surface area contributed by atoms with Crippen LogP contribution in [0.15, 0.2) is 24.3 Å². The van der Waals surface area contributed by atoms with Gasteiger partial charge in [-0.15, -0.1) is 0 Å². The Morgan fingerprint density at radius 3 is 1.96 bits per heavy atom. The molecule has 0 aliphatic carbocycles. The molecule has 0 radical (unpaired) electrons. The number of ether oxygens (including phenoxy) is 2. The predicted octanol–water partition coefficient (Wildman–Crippen LogP) is 1.45. The minimum atomic E-state index is -1.82. The van der Waals surface area contributed by atoms with Crippen LogP contribution in [0.2, 0.25) is 0 Å². The molecular formula is C17H25NO7. The van der Waals surface area contributed by atoms with E-state index in [1.807, 2.05) is 31.2 Å². The molecule has 1 atom stereocenters. The molecule has 8 heteroatoms. The van der Waals surface area contributed by atoms with Gasteiger partial charge in [-0.05, 0) is 51.8 Å². The number of carbonyl (C=O) groups excluding carboxylic acids is 1. The average molecular weight is 355 g/mol. The molecular weight excluding hydrogens is 330 g/mol. The minimum absolute atomic E-state index is 0.128. The number of carbonyl (C=O) groups is 3. The molecule has 1 aromatic carbocycles. The largest absolute Gasteiger partial charge is 0.476 e. The first-order chi connectivity index (χ1) is 11.5. The zero-order valence-electron chi connectivity index (χ0n) is 14.8. The molecule has 1 unspecified atom stereocenters. The van der Waals surface area contributed by atoms with Gasteiger partial charge in [-0.1, -0.05) is 12.1 Å². The highest BCUT2D eigenvalue weighted by Gasteiger charge is 2.31. The highest BCUT2D eigenvalue weighted by atomic mass is 16.6. The van der Waals surface area contributed by atoms with Gasteiger partial charge in [-0.2, -0.15) is 0 Å². The van der Waals surface area contributed by atoms with Crippen LogP contribution < -0.4 is 10.5 Å². The van der Waals surface area contributed by atoms with E-state index in [1.54, 1.807) is 20.8 Å². The van der Waals surface area contributed by atoms with E-state index < -0.39 is 17.5 Å². The molecule has 0 aliphatic heterocycles. The van der Waals surface area contributed by atoms with Crippen molar-refractivity contribution in [1.29, 1.82) is 0 Å². The van der Waals surface area contributed by atoms with Crippen LogP contribution in [0.1, 0.15) is 33.3 Å². The van der Waals surface area contributed by atoms with Gasteiger partial charge < -0.3 is 25.4 Å². The SMILES string of the molecule is CCOC(=O)C(C)(C)Oc1ccc(CC(C)N)cc1.O=C(O)C(=O)O. The summed E-state index contributed by atoms with van der Waals surface area (Å²) < 4.78 is 10.6. The monoisotopic (exact) mass is 355 g/mol. The van der Waals surface area contributed by atoms with Crippen LogP contribution in [-0.2, 0) is 25.5 Å². The van der Waals surface area contributed by atoms with Crippen molar-refractivity contribution in [3.8, 4) is 5.75 Å². The number of aliphatic carboxylic acids is 2. The first-order valence-electron chi connectivity index (χ1n) is 7.66. The second-order valence-electron chi connectivity index (χ2n) is 5.77. The molecule has 8 nitrogen and oxygen atoms in total. The molecule has 0 heterocycles. The predicted molar refractivity (Wildman–Crippen MR) is 90.4 cm³/mol. The van der Waals surface area contributed by atoms with Crippen molar-refractivity contribution in [2.24, 2.45) is 5.73 Å². The van der Waals surface area contributed by atoms with Crippen LogP contribution in [0, 0.1) is 0 Å². The van der Waals surface area contributed by atoms with Gasteiger partial charge in [0.05, 0.1) is 6.61 Å². The molecule has 0 aromatic heterocycles. The van der Waals surface area contributed by atoms with Gasteiger partial charge in [0.15, 0.2) is 5.60 Å². The van der Waals surface area contributed by atoms with E-state index in [-0.39, 0.29) is 12.0 Å². The number of benzene rings is 1. The van der Waals surface area contributed by atoms with Gasteiger partial charge in [-0.25, -0.2) is 14.4 Å². The van der Waals surface area contributed by atoms with Crippen molar-refractivity contribution >= 4 is 17.9 Å². The van der Waals surface area contributed by atoms with E-state index >= 15 is 0 Å². The first kappa shape index (κ1) is 22.4. The van der Waals surface area contributed by atoms with Gasteiger partial charge in [-0.3, -0.25) is 0 Å². The summed E-state index contributed by atoms with van der Waals surface area (Å²) >= 11 is 0. The minimum Gasteiger partial charge on any atom is -0.476 e. The Balaban J connectivity index is 0.000000823. The third-order valence-electron chi connectivity index (χ3n) is 2.80. The van der Waals surface area contributed by atoms with E-state index in [0.717, 1.165) is 12.0 Å². The average Bonchev–Trinajstić information content (AvgIpc) is 2.49. The van der Waals surface area contributed by atoms with E-state index in [4.69, 9.17) is 35.0 Å². The Morgan fingerprint density at radius 1 is 1.12 bits per heavy atom. The molecule has 0 saturated carbocycles. The van der Waals surface area contributed by atoms with Crippen molar-refractivity contribution in [2.45, 2.75) is 45.8 Å². The van der Waals surface area contributed by atoms with Crippen LogP contribution in [0.25, 0.3) is 0 Å². The van der Waals surface area contributed by atoms with E-state index in [9.17, 15) is 4.79 Å². The third-order valence-corrected chi connectivity index (χ3v) is 2.80. The molecule has 4 N–H and O–H groups in total. The van der Waals surface area contributed by atoms with Crippen molar-refractivity contribution in [3.05, 3.63) is 29.8 Å². The zero-order chi connectivity index (χ0) is 19.6. The van der Waals surface area contributed by atoms with Crippen LogP contribution in [0.5, 0.6) is 5.75 Å². The van der Waals surface area contributed by atoms with Gasteiger partial charge in [0, 0.05) is 6.04 Å². The van der Waals surface area contributed by atoms with Crippen LogP contribution in [-0.4, -0.2) is 46.4 Å². The van der Waals surface area contributed by atoms with Crippen molar-refractivity contribution in [1.82, 2.24) is 0 Å². The summed E-state index contributed by atoms with van der Waals surface area (Å²) in [5.41, 5.74) is 5.91. The Kier molecular flexibility index (Phi) is 9.22. The fourth-order valence-corrected chi connectivity index (χ4v) is 1.71. The fourth-order valence-electron chi connectivity index (χ4n) is 1.71. The highest BCUT2D eigenvalue weighted by molar-refractivity contribution is 6.27. The maximum absolute atomic E-state index is 11.7. The molecule has 140 valence electrons. The van der Waals surface area contributed by atoms with Crippen LogP contribution >= 0.6 is 0 Å². The number of nitrogens with two attached hydrogens (primary N) is 1. The normalized spacial score (nSPS) is 11.6. The lowest BCUT2D eigenvalue weighted by atomic mass is 10.1. The third kappa shape index (κ3) is 9.31. The fraction of sp³-hybridized carbons (Fsp3) is 0.471. The number of carboxylic acid groups (broad SMARTS) is 2. The van der Waals surface area contributed by atoms with E-state index in [2.05, 4.69) is 0 Å². The molecule has 0 aliphatic rings. The lowest BCUT2D eigenvalue weighted by molar-refractivity contribution is -0.159. The molecule has 1 rings (SSSR count). The standard InChI is InChI=1S/C15H23NO3.C2H2O4/c1-5-18-14(17)15(3,4)19-13-8-6-12(7-9-13)10-11(2)16;3-1(4)2(5)6/h6-9,11H,5,10,16H2,1-4H3;(H,3,4)(H,5,6). The highest BCUT2D eigenvalue weighted by Crippen LogP contribution is 2.20. The van der Waals surface area contributed by atoms with Gasteiger partial charge in [0.1, 0.15) is 5.75 Å². The molecule has 0 spiro atoms. The maximum Gasteiger partial charge on any atom is 0.414 e. The van der Waals surface area contributed by atoms with Crippen LogP contribution in [0.3, 0.4) is 0 Å². The number of hydrogen-bond donors (Lipinski definition) is 3. The maximum atomic E-state index is 11.7.